The van der Waals surface area contributed by atoms with E-state index in [2.05, 4.69) is 20.8 Å². The molecule has 3 N–H and O–H groups in total. The largest absolute Gasteiger partial charge is 0.480 e. The Morgan fingerprint density at radius 3 is 2.81 bits per heavy atom. The lowest BCUT2D eigenvalue weighted by Gasteiger charge is -2.14. The molecule has 0 spiro atoms. The fourth-order valence-electron chi connectivity index (χ4n) is 1.63. The molecule has 9 nitrogen and oxygen atoms in total. The molecule has 1 atom stereocenters. The summed E-state index contributed by atoms with van der Waals surface area (Å²) in [7, 11) is 1.54. The second-order valence-electron chi connectivity index (χ2n) is 4.41. The number of hydrogen-bond acceptors (Lipinski definition) is 6. The fraction of sp³-hybridized carbons (Fsp3) is 0.667. The van der Waals surface area contributed by atoms with Gasteiger partial charge in [0.25, 0.3) is 0 Å². The van der Waals surface area contributed by atoms with E-state index in [1.165, 1.54) is 7.11 Å². The molecule has 1 aromatic heterocycles. The normalized spacial score (nSPS) is 11.9. The first-order valence-corrected chi connectivity index (χ1v) is 6.58. The molecule has 0 radical (unpaired) electrons. The van der Waals surface area contributed by atoms with Gasteiger partial charge < -0.3 is 25.0 Å². The van der Waals surface area contributed by atoms with E-state index >= 15 is 0 Å². The van der Waals surface area contributed by atoms with Gasteiger partial charge in [-0.2, -0.15) is 4.98 Å². The zero-order valence-corrected chi connectivity index (χ0v) is 12.1. The summed E-state index contributed by atoms with van der Waals surface area (Å²) >= 11 is 0. The van der Waals surface area contributed by atoms with Gasteiger partial charge in [-0.05, 0) is 12.8 Å². The van der Waals surface area contributed by atoms with Crippen molar-refractivity contribution in [2.45, 2.75) is 32.2 Å². The van der Waals surface area contributed by atoms with Crippen molar-refractivity contribution in [3.05, 3.63) is 11.7 Å². The van der Waals surface area contributed by atoms with Crippen LogP contribution in [0.15, 0.2) is 4.52 Å². The quantitative estimate of drug-likeness (QED) is 0.552. The lowest BCUT2D eigenvalue weighted by Crippen LogP contribution is -2.46. The molecule has 0 saturated carbocycles. The Morgan fingerprint density at radius 1 is 1.48 bits per heavy atom. The summed E-state index contributed by atoms with van der Waals surface area (Å²) in [6.45, 7) is 2.41. The monoisotopic (exact) mass is 300 g/mol. The number of carboxylic acid groups (broad SMARTS) is 1. The highest BCUT2D eigenvalue weighted by Gasteiger charge is 2.19. The topological polar surface area (TPSA) is 127 Å². The molecule has 118 valence electrons. The standard InChI is InChI=1S/C12H20N4O5/c1-8-14-10(16-21-8)5-6-13-12(19)15-9(11(17)18)4-3-7-20-2/h9H,3-7H2,1-2H3,(H,17,18)(H2,13,15,19). The number of nitrogens with zero attached hydrogens (tertiary/aromatic N) is 2. The Labute approximate surface area is 122 Å². The first kappa shape index (κ1) is 16.9. The van der Waals surface area contributed by atoms with Crippen molar-refractivity contribution in [2.75, 3.05) is 20.3 Å². The number of carboxylic acids is 1. The van der Waals surface area contributed by atoms with Gasteiger partial charge in [0.15, 0.2) is 5.82 Å². The molecule has 0 aromatic carbocycles. The average Bonchev–Trinajstić information content (AvgIpc) is 2.83. The molecule has 0 fully saturated rings. The number of aromatic nitrogens is 2. The Morgan fingerprint density at radius 2 is 2.24 bits per heavy atom. The number of methoxy groups -OCH3 is 1. The summed E-state index contributed by atoms with van der Waals surface area (Å²) < 4.78 is 9.64. The number of rotatable bonds is 9. The van der Waals surface area contributed by atoms with Gasteiger partial charge in [-0.15, -0.1) is 0 Å². The molecular formula is C12H20N4O5. The maximum absolute atomic E-state index is 11.6. The molecule has 1 aromatic rings. The summed E-state index contributed by atoms with van der Waals surface area (Å²) in [6, 6.07) is -1.48. The highest BCUT2D eigenvalue weighted by molar-refractivity contribution is 5.82. The van der Waals surface area contributed by atoms with Gasteiger partial charge in [-0.3, -0.25) is 0 Å². The molecule has 21 heavy (non-hydrogen) atoms. The molecule has 1 heterocycles. The number of ether oxygens (including phenoxy) is 1. The van der Waals surface area contributed by atoms with Gasteiger partial charge in [0.1, 0.15) is 6.04 Å². The van der Waals surface area contributed by atoms with Crippen molar-refractivity contribution in [1.29, 1.82) is 0 Å². The Bertz CT molecular complexity index is 462. The first-order valence-electron chi connectivity index (χ1n) is 6.58. The van der Waals surface area contributed by atoms with Crippen LogP contribution in [-0.4, -0.2) is 53.6 Å². The van der Waals surface area contributed by atoms with Gasteiger partial charge in [-0.1, -0.05) is 5.16 Å². The summed E-state index contributed by atoms with van der Waals surface area (Å²) in [6.07, 6.45) is 1.27. The van der Waals surface area contributed by atoms with Crippen LogP contribution in [0, 0.1) is 6.92 Å². The van der Waals surface area contributed by atoms with E-state index in [-0.39, 0.29) is 6.54 Å². The van der Waals surface area contributed by atoms with Crippen LogP contribution in [-0.2, 0) is 16.0 Å². The van der Waals surface area contributed by atoms with Crippen LogP contribution in [0.2, 0.25) is 0 Å². The molecule has 2 amide bonds. The molecule has 0 saturated heterocycles. The van der Waals surface area contributed by atoms with Crippen molar-refractivity contribution in [2.24, 2.45) is 0 Å². The summed E-state index contributed by atoms with van der Waals surface area (Å²) in [4.78, 5) is 26.6. The number of urea groups is 1. The van der Waals surface area contributed by atoms with Crippen LogP contribution in [0.1, 0.15) is 24.6 Å². The van der Waals surface area contributed by atoms with Crippen LogP contribution in [0.25, 0.3) is 0 Å². The Hall–Kier alpha value is -2.16. The van der Waals surface area contributed by atoms with Crippen molar-refractivity contribution in [3.8, 4) is 0 Å². The maximum Gasteiger partial charge on any atom is 0.326 e. The van der Waals surface area contributed by atoms with Crippen molar-refractivity contribution < 1.29 is 24.0 Å². The smallest absolute Gasteiger partial charge is 0.326 e. The third kappa shape index (κ3) is 6.70. The Kier molecular flexibility index (Phi) is 7.16. The number of carbonyl (C=O) groups is 2. The highest BCUT2D eigenvalue weighted by Crippen LogP contribution is 1.98. The van der Waals surface area contributed by atoms with E-state index in [1.807, 2.05) is 0 Å². The third-order valence-corrected chi connectivity index (χ3v) is 2.65. The van der Waals surface area contributed by atoms with Gasteiger partial charge in [0, 0.05) is 33.6 Å². The van der Waals surface area contributed by atoms with Crippen LogP contribution in [0.4, 0.5) is 4.79 Å². The predicted molar refractivity (Wildman–Crippen MR) is 71.8 cm³/mol. The van der Waals surface area contributed by atoms with Gasteiger partial charge in [0.05, 0.1) is 0 Å². The number of nitrogens with one attached hydrogen (secondary N) is 2. The number of aryl methyl sites for hydroxylation is 1. The Balaban J connectivity index is 2.27. The zero-order chi connectivity index (χ0) is 15.7. The summed E-state index contributed by atoms with van der Waals surface area (Å²) in [5.74, 6) is -0.128. The van der Waals surface area contributed by atoms with Crippen molar-refractivity contribution >= 4 is 12.0 Å². The molecule has 0 aliphatic rings. The van der Waals surface area contributed by atoms with Gasteiger partial charge in [0.2, 0.25) is 5.89 Å². The maximum atomic E-state index is 11.6. The fourth-order valence-corrected chi connectivity index (χ4v) is 1.63. The van der Waals surface area contributed by atoms with E-state index in [0.29, 0.717) is 37.6 Å². The zero-order valence-electron chi connectivity index (χ0n) is 12.1. The number of aliphatic carboxylic acids is 1. The summed E-state index contributed by atoms with van der Waals surface area (Å²) in [5.41, 5.74) is 0. The van der Waals surface area contributed by atoms with Gasteiger partial charge in [-0.25, -0.2) is 9.59 Å². The molecule has 9 heteroatoms. The molecule has 1 unspecified atom stereocenters. The molecule has 0 aliphatic carbocycles. The predicted octanol–water partition coefficient (Wildman–Crippen LogP) is 0.0995. The van der Waals surface area contributed by atoms with Crippen LogP contribution in [0.5, 0.6) is 0 Å². The lowest BCUT2D eigenvalue weighted by atomic mass is 10.1. The van der Waals surface area contributed by atoms with E-state index < -0.39 is 18.0 Å². The SMILES string of the molecule is COCCCC(NC(=O)NCCc1noc(C)n1)C(=O)O. The van der Waals surface area contributed by atoms with E-state index in [0.717, 1.165) is 0 Å². The van der Waals surface area contributed by atoms with Crippen LogP contribution >= 0.6 is 0 Å². The molecule has 1 rings (SSSR count). The molecular weight excluding hydrogens is 280 g/mol. The van der Waals surface area contributed by atoms with Crippen LogP contribution < -0.4 is 10.6 Å². The number of carbonyl (C=O) groups excluding carboxylic acids is 1. The lowest BCUT2D eigenvalue weighted by molar-refractivity contribution is -0.139. The minimum atomic E-state index is -1.07. The first-order chi connectivity index (χ1) is 10.0. The number of amides is 2. The second-order valence-corrected chi connectivity index (χ2v) is 4.41. The summed E-state index contributed by atoms with van der Waals surface area (Å²) in [5, 5.41) is 17.6. The van der Waals surface area contributed by atoms with E-state index in [9.17, 15) is 9.59 Å². The van der Waals surface area contributed by atoms with E-state index in [4.69, 9.17) is 14.4 Å². The van der Waals surface area contributed by atoms with E-state index in [1.54, 1.807) is 6.92 Å². The second kappa shape index (κ2) is 8.90. The highest BCUT2D eigenvalue weighted by atomic mass is 16.5. The third-order valence-electron chi connectivity index (χ3n) is 2.65. The van der Waals surface area contributed by atoms with Crippen molar-refractivity contribution in [3.63, 3.8) is 0 Å². The van der Waals surface area contributed by atoms with Crippen molar-refractivity contribution in [1.82, 2.24) is 20.8 Å². The molecule has 0 bridgehead atoms. The number of hydrogen-bond donors (Lipinski definition) is 3. The van der Waals surface area contributed by atoms with Gasteiger partial charge >= 0.3 is 12.0 Å². The molecule has 0 aliphatic heterocycles. The minimum absolute atomic E-state index is 0.287. The minimum Gasteiger partial charge on any atom is -0.480 e. The van der Waals surface area contributed by atoms with Crippen LogP contribution in [0.3, 0.4) is 0 Å². The average molecular weight is 300 g/mol.